The molecular formula is C4H6BrN. The van der Waals surface area contributed by atoms with Crippen LogP contribution in [0.3, 0.4) is 0 Å². The normalized spacial score (nSPS) is 11.7. The molecule has 0 aromatic heterocycles. The van der Waals surface area contributed by atoms with Crippen LogP contribution < -0.4 is 0 Å². The zero-order chi connectivity index (χ0) is 4.83. The Morgan fingerprint density at radius 3 is 2.50 bits per heavy atom. The molecule has 0 amide bonds. The van der Waals surface area contributed by atoms with Gasteiger partial charge in [0.05, 0.1) is 16.1 Å². The number of allylic oxidation sites excluding steroid dienone is 2. The van der Waals surface area contributed by atoms with Gasteiger partial charge in [-0.2, -0.15) is 0 Å². The monoisotopic (exact) mass is 147 g/mol. The van der Waals surface area contributed by atoms with Gasteiger partial charge in [0, 0.05) is 6.21 Å². The molecule has 0 bridgehead atoms. The second-order valence-electron chi connectivity index (χ2n) is 0.772. The van der Waals surface area contributed by atoms with Gasteiger partial charge in [-0.3, -0.25) is 0 Å². The molecule has 0 saturated heterocycles. The third-order valence-electron chi connectivity index (χ3n) is 0.335. The van der Waals surface area contributed by atoms with Gasteiger partial charge in [0.2, 0.25) is 0 Å². The van der Waals surface area contributed by atoms with E-state index < -0.39 is 0 Å². The summed E-state index contributed by atoms with van der Waals surface area (Å²) in [5.74, 6) is 0. The van der Waals surface area contributed by atoms with Crippen LogP contribution in [0, 0.1) is 0 Å². The molecule has 0 spiro atoms. The van der Waals surface area contributed by atoms with Gasteiger partial charge < -0.3 is 0 Å². The van der Waals surface area contributed by atoms with Gasteiger partial charge in [-0.25, -0.2) is 4.02 Å². The van der Waals surface area contributed by atoms with Crippen LogP contribution in [-0.2, 0) is 0 Å². The molecule has 0 atom stereocenters. The van der Waals surface area contributed by atoms with E-state index in [2.05, 4.69) is 20.2 Å². The van der Waals surface area contributed by atoms with Crippen molar-refractivity contribution >= 4 is 22.4 Å². The maximum absolute atomic E-state index is 3.53. The molecule has 2 heteroatoms. The Balaban J connectivity index is 3.07. The fourth-order valence-corrected chi connectivity index (χ4v) is 0.255. The lowest BCUT2D eigenvalue weighted by Gasteiger charge is -1.60. The van der Waals surface area contributed by atoms with E-state index in [1.807, 2.05) is 19.1 Å². The van der Waals surface area contributed by atoms with Crippen molar-refractivity contribution in [2.45, 2.75) is 6.92 Å². The number of halogens is 1. The molecule has 0 aliphatic heterocycles. The molecule has 0 aromatic carbocycles. The smallest absolute Gasteiger partial charge is 0.0733 e. The Morgan fingerprint density at radius 2 is 2.33 bits per heavy atom. The predicted molar refractivity (Wildman–Crippen MR) is 32.2 cm³/mol. The lowest BCUT2D eigenvalue weighted by Crippen LogP contribution is -1.51. The summed E-state index contributed by atoms with van der Waals surface area (Å²) in [7, 11) is 0. The molecule has 0 heterocycles. The summed E-state index contributed by atoms with van der Waals surface area (Å²) in [6.45, 7) is 1.94. The molecule has 34 valence electrons. The van der Waals surface area contributed by atoms with Crippen LogP contribution >= 0.6 is 16.1 Å². The average Bonchev–Trinajstić information content (AvgIpc) is 1.61. The fourth-order valence-electron chi connectivity index (χ4n) is 0.119. The van der Waals surface area contributed by atoms with Crippen molar-refractivity contribution in [1.29, 1.82) is 0 Å². The first-order valence-corrected chi connectivity index (χ1v) is 2.38. The summed E-state index contributed by atoms with van der Waals surface area (Å²) in [5, 5.41) is 0. The molecule has 0 N–H and O–H groups in total. The van der Waals surface area contributed by atoms with Gasteiger partial charge in [0.15, 0.2) is 0 Å². The molecule has 0 aromatic rings. The SMILES string of the molecule is C/C=C\C=NBr. The predicted octanol–water partition coefficient (Wildman–Crippen LogP) is 1.94. The van der Waals surface area contributed by atoms with Crippen molar-refractivity contribution < 1.29 is 0 Å². The second-order valence-corrected chi connectivity index (χ2v) is 1.18. The summed E-state index contributed by atoms with van der Waals surface area (Å²) in [5.41, 5.74) is 0. The van der Waals surface area contributed by atoms with Crippen molar-refractivity contribution in [3.8, 4) is 0 Å². The Kier molecular flexibility index (Phi) is 4.80. The maximum Gasteiger partial charge on any atom is 0.0733 e. The topological polar surface area (TPSA) is 12.4 Å². The zero-order valence-corrected chi connectivity index (χ0v) is 5.14. The highest BCUT2D eigenvalue weighted by molar-refractivity contribution is 9.08. The van der Waals surface area contributed by atoms with Crippen LogP contribution in [0.1, 0.15) is 6.92 Å². The van der Waals surface area contributed by atoms with E-state index in [1.165, 1.54) is 0 Å². The van der Waals surface area contributed by atoms with Gasteiger partial charge in [0.1, 0.15) is 0 Å². The van der Waals surface area contributed by atoms with Crippen LogP contribution in [0.25, 0.3) is 0 Å². The van der Waals surface area contributed by atoms with E-state index in [0.29, 0.717) is 0 Å². The van der Waals surface area contributed by atoms with Crippen molar-refractivity contribution in [1.82, 2.24) is 0 Å². The minimum atomic E-state index is 1.67. The molecule has 0 aliphatic carbocycles. The Labute approximate surface area is 46.1 Å². The lowest BCUT2D eigenvalue weighted by atomic mass is 10.6. The highest BCUT2D eigenvalue weighted by Crippen LogP contribution is 1.75. The molecule has 0 aliphatic rings. The van der Waals surface area contributed by atoms with Gasteiger partial charge >= 0.3 is 0 Å². The molecule has 0 fully saturated rings. The number of hydrogen-bond donors (Lipinski definition) is 0. The van der Waals surface area contributed by atoms with E-state index in [0.717, 1.165) is 0 Å². The molecule has 1 nitrogen and oxygen atoms in total. The lowest BCUT2D eigenvalue weighted by molar-refractivity contribution is 1.77. The van der Waals surface area contributed by atoms with Crippen LogP contribution in [0.15, 0.2) is 16.2 Å². The molecule has 0 rings (SSSR count). The Morgan fingerprint density at radius 1 is 1.67 bits per heavy atom. The van der Waals surface area contributed by atoms with Gasteiger partial charge in [0.25, 0.3) is 0 Å². The van der Waals surface area contributed by atoms with Crippen LogP contribution in [0.2, 0.25) is 0 Å². The minimum Gasteiger partial charge on any atom is -0.215 e. The summed E-state index contributed by atoms with van der Waals surface area (Å²) >= 11 is 2.87. The van der Waals surface area contributed by atoms with E-state index in [-0.39, 0.29) is 0 Å². The number of hydrogen-bond acceptors (Lipinski definition) is 1. The van der Waals surface area contributed by atoms with Crippen LogP contribution in [0.4, 0.5) is 0 Å². The first-order valence-electron chi connectivity index (χ1n) is 1.67. The van der Waals surface area contributed by atoms with Crippen LogP contribution in [0.5, 0.6) is 0 Å². The Hall–Kier alpha value is -0.110. The van der Waals surface area contributed by atoms with E-state index in [4.69, 9.17) is 0 Å². The van der Waals surface area contributed by atoms with E-state index >= 15 is 0 Å². The van der Waals surface area contributed by atoms with Gasteiger partial charge in [-0.05, 0) is 13.0 Å². The second kappa shape index (κ2) is 4.89. The quantitative estimate of drug-likeness (QED) is 0.504. The minimum absolute atomic E-state index is 1.67. The van der Waals surface area contributed by atoms with Crippen LogP contribution in [-0.4, -0.2) is 6.21 Å². The molecule has 0 saturated carbocycles. The molecular weight excluding hydrogens is 142 g/mol. The Bertz CT molecular complexity index is 55.9. The van der Waals surface area contributed by atoms with Crippen molar-refractivity contribution in [3.63, 3.8) is 0 Å². The number of rotatable bonds is 1. The van der Waals surface area contributed by atoms with Gasteiger partial charge in [-0.1, -0.05) is 6.08 Å². The third-order valence-corrected chi connectivity index (χ3v) is 0.571. The van der Waals surface area contributed by atoms with E-state index in [9.17, 15) is 0 Å². The highest BCUT2D eigenvalue weighted by atomic mass is 79.9. The third kappa shape index (κ3) is 3.89. The average molecular weight is 148 g/mol. The van der Waals surface area contributed by atoms with E-state index in [1.54, 1.807) is 6.21 Å². The first kappa shape index (κ1) is 5.89. The largest absolute Gasteiger partial charge is 0.215 e. The molecule has 0 radical (unpaired) electrons. The van der Waals surface area contributed by atoms with Crippen molar-refractivity contribution in [3.05, 3.63) is 12.2 Å². The highest BCUT2D eigenvalue weighted by Gasteiger charge is 1.51. The maximum atomic E-state index is 3.53. The zero-order valence-electron chi connectivity index (χ0n) is 3.56. The standard InChI is InChI=1S/C4H6BrN/c1-2-3-4-6-5/h2-4H,1H3/b3-2-,6-4?. The summed E-state index contributed by atoms with van der Waals surface area (Å²) in [6.07, 6.45) is 5.42. The number of nitrogens with zero attached hydrogens (tertiary/aromatic N) is 1. The summed E-state index contributed by atoms with van der Waals surface area (Å²) in [6, 6.07) is 0. The summed E-state index contributed by atoms with van der Waals surface area (Å²) in [4.78, 5) is 0. The molecule has 0 unspecified atom stereocenters. The van der Waals surface area contributed by atoms with Gasteiger partial charge in [-0.15, -0.1) is 0 Å². The first-order chi connectivity index (χ1) is 2.91. The fraction of sp³-hybridized carbons (Fsp3) is 0.250. The van der Waals surface area contributed by atoms with Crippen molar-refractivity contribution in [2.24, 2.45) is 4.02 Å². The summed E-state index contributed by atoms with van der Waals surface area (Å²) < 4.78 is 3.53. The van der Waals surface area contributed by atoms with Crippen molar-refractivity contribution in [2.75, 3.05) is 0 Å². The molecule has 6 heavy (non-hydrogen) atoms.